The minimum atomic E-state index is -1.43. The minimum absolute atomic E-state index is 0.122. The fraction of sp³-hybridized carbons (Fsp3) is 0.588. The molecule has 22 heavy (non-hydrogen) atoms. The number of esters is 1. The highest BCUT2D eigenvalue weighted by atomic mass is 16.5. The zero-order valence-corrected chi connectivity index (χ0v) is 13.8. The third-order valence-electron chi connectivity index (χ3n) is 4.74. The number of methoxy groups -OCH3 is 1. The summed E-state index contributed by atoms with van der Waals surface area (Å²) >= 11 is 0. The van der Waals surface area contributed by atoms with Gasteiger partial charge in [0.25, 0.3) is 0 Å². The van der Waals surface area contributed by atoms with Crippen molar-refractivity contribution in [3.8, 4) is 0 Å². The summed E-state index contributed by atoms with van der Waals surface area (Å²) in [5.74, 6) is -0.511. The maximum Gasteiger partial charge on any atom is 0.311 e. The van der Waals surface area contributed by atoms with Gasteiger partial charge in [0.2, 0.25) is 0 Å². The van der Waals surface area contributed by atoms with Gasteiger partial charge in [-0.05, 0) is 26.5 Å². The lowest BCUT2D eigenvalue weighted by atomic mass is 9.75. The van der Waals surface area contributed by atoms with Crippen LogP contribution in [0.3, 0.4) is 0 Å². The molecule has 2 rings (SSSR count). The molecule has 3 atom stereocenters. The first kappa shape index (κ1) is 16.9. The lowest BCUT2D eigenvalue weighted by Crippen LogP contribution is -2.57. The number of hydrogen-bond donors (Lipinski definition) is 2. The van der Waals surface area contributed by atoms with E-state index in [1.54, 1.807) is 20.9 Å². The average molecular weight is 307 g/mol. The molecule has 1 aliphatic heterocycles. The zero-order valence-electron chi connectivity index (χ0n) is 13.8. The molecular weight excluding hydrogens is 282 g/mol. The van der Waals surface area contributed by atoms with Crippen LogP contribution >= 0.6 is 0 Å². The predicted molar refractivity (Wildman–Crippen MR) is 82.9 cm³/mol. The van der Waals surface area contributed by atoms with Crippen molar-refractivity contribution in [3.05, 3.63) is 35.4 Å². The Hall–Kier alpha value is -1.43. The smallest absolute Gasteiger partial charge is 0.311 e. The number of ether oxygens (including phenoxy) is 1. The Bertz CT molecular complexity index is 572. The molecule has 0 aliphatic carbocycles. The monoisotopic (exact) mass is 307 g/mol. The number of benzene rings is 1. The van der Waals surface area contributed by atoms with E-state index in [4.69, 9.17) is 4.74 Å². The van der Waals surface area contributed by atoms with Crippen LogP contribution in [0.15, 0.2) is 24.3 Å². The SMILES string of the molecule is COC(=O)C(C)(C)CC1(O)c2ccccc2C(C)C(O)N1C. The number of aliphatic hydroxyl groups excluding tert-OH is 1. The highest BCUT2D eigenvalue weighted by Crippen LogP contribution is 2.46. The van der Waals surface area contributed by atoms with Crippen LogP contribution in [-0.2, 0) is 15.3 Å². The van der Waals surface area contributed by atoms with Crippen molar-refractivity contribution >= 4 is 5.97 Å². The number of carbonyl (C=O) groups excluding carboxylic acids is 1. The molecular formula is C17H25NO4. The Morgan fingerprint density at radius 1 is 1.41 bits per heavy atom. The van der Waals surface area contributed by atoms with Crippen LogP contribution < -0.4 is 0 Å². The van der Waals surface area contributed by atoms with Gasteiger partial charge in [-0.25, -0.2) is 4.90 Å². The molecule has 0 bridgehead atoms. The van der Waals surface area contributed by atoms with E-state index >= 15 is 0 Å². The molecule has 5 heteroatoms. The molecule has 0 saturated carbocycles. The molecule has 3 unspecified atom stereocenters. The van der Waals surface area contributed by atoms with E-state index in [1.165, 1.54) is 12.0 Å². The molecule has 0 fully saturated rings. The molecule has 0 amide bonds. The van der Waals surface area contributed by atoms with E-state index in [-0.39, 0.29) is 18.3 Å². The second-order valence-corrected chi connectivity index (χ2v) is 6.77. The summed E-state index contributed by atoms with van der Waals surface area (Å²) in [5, 5.41) is 21.8. The lowest BCUT2D eigenvalue weighted by Gasteiger charge is -2.49. The van der Waals surface area contributed by atoms with Crippen LogP contribution in [0, 0.1) is 5.41 Å². The summed E-state index contributed by atoms with van der Waals surface area (Å²) in [6, 6.07) is 7.50. The Labute approximate surface area is 131 Å². The first-order valence-electron chi connectivity index (χ1n) is 7.46. The van der Waals surface area contributed by atoms with Crippen molar-refractivity contribution in [2.75, 3.05) is 14.2 Å². The predicted octanol–water partition coefficient (Wildman–Crippen LogP) is 1.79. The van der Waals surface area contributed by atoms with Gasteiger partial charge in [0, 0.05) is 17.9 Å². The Balaban J connectivity index is 2.52. The van der Waals surface area contributed by atoms with Crippen molar-refractivity contribution in [2.45, 2.75) is 45.1 Å². The standard InChI is InChI=1S/C17H25NO4/c1-11-12-8-6-7-9-13(12)17(21,18(4)14(11)19)10-16(2,3)15(20)22-5/h6-9,11,14,19,21H,10H2,1-5H3. The van der Waals surface area contributed by atoms with Gasteiger partial charge < -0.3 is 14.9 Å². The summed E-state index contributed by atoms with van der Waals surface area (Å²) in [7, 11) is 3.01. The van der Waals surface area contributed by atoms with Gasteiger partial charge >= 0.3 is 5.97 Å². The van der Waals surface area contributed by atoms with Gasteiger partial charge in [0.1, 0.15) is 12.0 Å². The molecule has 0 saturated heterocycles. The van der Waals surface area contributed by atoms with Crippen molar-refractivity contribution < 1.29 is 19.7 Å². The van der Waals surface area contributed by atoms with Crippen LogP contribution in [0.1, 0.15) is 44.2 Å². The normalized spacial score (nSPS) is 29.0. The molecule has 1 aliphatic rings. The Morgan fingerprint density at radius 3 is 2.59 bits per heavy atom. The molecule has 1 aromatic rings. The summed E-state index contributed by atoms with van der Waals surface area (Å²) < 4.78 is 4.84. The summed E-state index contributed by atoms with van der Waals surface area (Å²) in [5.41, 5.74) is -0.686. The van der Waals surface area contributed by atoms with Crippen molar-refractivity contribution in [2.24, 2.45) is 5.41 Å². The lowest BCUT2D eigenvalue weighted by molar-refractivity contribution is -0.207. The molecule has 1 aromatic carbocycles. The average Bonchev–Trinajstić information content (AvgIpc) is 2.50. The fourth-order valence-electron chi connectivity index (χ4n) is 3.35. The minimum Gasteiger partial charge on any atom is -0.469 e. The van der Waals surface area contributed by atoms with Crippen LogP contribution in [-0.4, -0.2) is 41.5 Å². The molecule has 0 aromatic heterocycles. The second kappa shape index (κ2) is 5.65. The third kappa shape index (κ3) is 2.53. The van der Waals surface area contributed by atoms with Gasteiger partial charge in [0.05, 0.1) is 12.5 Å². The number of nitrogens with zero attached hydrogens (tertiary/aromatic N) is 1. The highest BCUT2D eigenvalue weighted by molar-refractivity contribution is 5.76. The van der Waals surface area contributed by atoms with E-state index in [0.29, 0.717) is 0 Å². The maximum atomic E-state index is 12.0. The molecule has 0 radical (unpaired) electrons. The van der Waals surface area contributed by atoms with E-state index in [1.807, 2.05) is 31.2 Å². The number of rotatable bonds is 3. The van der Waals surface area contributed by atoms with Crippen LogP contribution in [0.25, 0.3) is 0 Å². The molecule has 1 heterocycles. The molecule has 2 N–H and O–H groups in total. The highest BCUT2D eigenvalue weighted by Gasteiger charge is 2.50. The largest absolute Gasteiger partial charge is 0.469 e. The quantitative estimate of drug-likeness (QED) is 0.833. The second-order valence-electron chi connectivity index (χ2n) is 6.77. The number of aliphatic hydroxyl groups is 2. The Morgan fingerprint density at radius 2 is 2.00 bits per heavy atom. The third-order valence-corrected chi connectivity index (χ3v) is 4.74. The van der Waals surface area contributed by atoms with Crippen LogP contribution in [0.2, 0.25) is 0 Å². The fourth-order valence-corrected chi connectivity index (χ4v) is 3.35. The van der Waals surface area contributed by atoms with Crippen molar-refractivity contribution in [1.82, 2.24) is 4.90 Å². The number of carbonyl (C=O) groups is 1. The van der Waals surface area contributed by atoms with E-state index < -0.39 is 17.4 Å². The topological polar surface area (TPSA) is 70.0 Å². The van der Waals surface area contributed by atoms with Crippen molar-refractivity contribution in [1.29, 1.82) is 0 Å². The zero-order chi connectivity index (χ0) is 16.7. The van der Waals surface area contributed by atoms with E-state index in [0.717, 1.165) is 11.1 Å². The van der Waals surface area contributed by atoms with Crippen LogP contribution in [0.4, 0.5) is 0 Å². The summed E-state index contributed by atoms with van der Waals surface area (Å²) in [6.07, 6.45) is -0.697. The van der Waals surface area contributed by atoms with E-state index in [2.05, 4.69) is 0 Å². The number of hydrogen-bond acceptors (Lipinski definition) is 5. The molecule has 122 valence electrons. The summed E-state index contributed by atoms with van der Waals surface area (Å²) in [4.78, 5) is 13.5. The van der Waals surface area contributed by atoms with Gasteiger partial charge in [-0.2, -0.15) is 0 Å². The van der Waals surface area contributed by atoms with Gasteiger partial charge in [-0.15, -0.1) is 0 Å². The maximum absolute atomic E-state index is 12.0. The first-order valence-corrected chi connectivity index (χ1v) is 7.46. The molecule has 5 nitrogen and oxygen atoms in total. The number of likely N-dealkylation sites (N-methyl/N-ethyl adjacent to an activating group) is 1. The van der Waals surface area contributed by atoms with Gasteiger partial charge in [0.15, 0.2) is 0 Å². The van der Waals surface area contributed by atoms with Gasteiger partial charge in [-0.3, -0.25) is 4.79 Å². The van der Waals surface area contributed by atoms with Gasteiger partial charge in [-0.1, -0.05) is 31.2 Å². The first-order chi connectivity index (χ1) is 10.1. The Kier molecular flexibility index (Phi) is 4.35. The summed E-state index contributed by atoms with van der Waals surface area (Å²) in [6.45, 7) is 5.39. The van der Waals surface area contributed by atoms with Crippen molar-refractivity contribution in [3.63, 3.8) is 0 Å². The van der Waals surface area contributed by atoms with Crippen LogP contribution in [0.5, 0.6) is 0 Å². The molecule has 0 spiro atoms. The van der Waals surface area contributed by atoms with E-state index in [9.17, 15) is 15.0 Å². The number of fused-ring (bicyclic) bond motifs is 1.